The molecule has 0 N–H and O–H groups in total. The van der Waals surface area contributed by atoms with Gasteiger partial charge in [0, 0.05) is 39.3 Å². The highest BCUT2D eigenvalue weighted by Gasteiger charge is 2.20. The number of benzene rings is 1. The van der Waals surface area contributed by atoms with E-state index in [1.54, 1.807) is 34.8 Å². The molecule has 9 heteroatoms. The van der Waals surface area contributed by atoms with Gasteiger partial charge in [-0.1, -0.05) is 6.08 Å². The van der Waals surface area contributed by atoms with Gasteiger partial charge in [0.2, 0.25) is 5.75 Å². The van der Waals surface area contributed by atoms with Crippen LogP contribution in [0.5, 0.6) is 17.2 Å². The van der Waals surface area contributed by atoms with Crippen LogP contribution in [0.1, 0.15) is 21.5 Å². The number of nitrogens with zero attached hydrogens (tertiary/aromatic N) is 2. The molecule has 7 nitrogen and oxygen atoms in total. The number of methoxy groups -OCH3 is 3. The predicted molar refractivity (Wildman–Crippen MR) is 145 cm³/mol. The second-order valence-corrected chi connectivity index (χ2v) is 9.89. The van der Waals surface area contributed by atoms with Gasteiger partial charge in [-0.25, -0.2) is 4.79 Å². The van der Waals surface area contributed by atoms with E-state index in [-0.39, 0.29) is 0 Å². The largest absolute Gasteiger partial charge is 0.493 e. The summed E-state index contributed by atoms with van der Waals surface area (Å²) in [5, 5.41) is 8.67. The second kappa shape index (κ2) is 12.9. The fourth-order valence-electron chi connectivity index (χ4n) is 4.20. The molecule has 3 aromatic rings. The Morgan fingerprint density at radius 2 is 1.44 bits per heavy atom. The topological polar surface area (TPSA) is 60.5 Å². The van der Waals surface area contributed by atoms with E-state index in [2.05, 4.69) is 49.5 Å². The van der Waals surface area contributed by atoms with Crippen molar-refractivity contribution in [2.75, 3.05) is 67.2 Å². The SMILES string of the molecule is COc1cc(C(=O)OCCN2CCN(CC=C(c3ccsc3)c3ccsc3)CC2)cc(OC)c1OC. The molecular formula is C27H32N2O5S2. The number of hydrogen-bond acceptors (Lipinski definition) is 9. The van der Waals surface area contributed by atoms with Gasteiger partial charge >= 0.3 is 5.97 Å². The van der Waals surface area contributed by atoms with E-state index in [1.807, 2.05) is 0 Å². The molecule has 0 amide bonds. The van der Waals surface area contributed by atoms with Crippen LogP contribution in [0.25, 0.3) is 5.57 Å². The van der Waals surface area contributed by atoms with Gasteiger partial charge in [0.15, 0.2) is 11.5 Å². The normalized spacial score (nSPS) is 14.3. The summed E-state index contributed by atoms with van der Waals surface area (Å²) in [7, 11) is 4.57. The minimum absolute atomic E-state index is 0.329. The number of carbonyl (C=O) groups excluding carboxylic acids is 1. The molecule has 1 fully saturated rings. The zero-order valence-corrected chi connectivity index (χ0v) is 22.5. The van der Waals surface area contributed by atoms with Crippen LogP contribution in [0.3, 0.4) is 0 Å². The highest BCUT2D eigenvalue weighted by molar-refractivity contribution is 7.08. The summed E-state index contributed by atoms with van der Waals surface area (Å²) in [6, 6.07) is 7.59. The number of piperazine rings is 1. The van der Waals surface area contributed by atoms with Crippen molar-refractivity contribution in [3.63, 3.8) is 0 Å². The molecule has 0 radical (unpaired) electrons. The van der Waals surface area contributed by atoms with Crippen LogP contribution in [-0.2, 0) is 4.74 Å². The molecule has 2 aromatic heterocycles. The molecular weight excluding hydrogens is 496 g/mol. The van der Waals surface area contributed by atoms with Crippen LogP contribution in [0.15, 0.2) is 51.9 Å². The van der Waals surface area contributed by atoms with E-state index in [9.17, 15) is 4.79 Å². The molecule has 1 aromatic carbocycles. The Labute approximate surface area is 220 Å². The van der Waals surface area contributed by atoms with Crippen LogP contribution < -0.4 is 14.2 Å². The third kappa shape index (κ3) is 6.47. The Kier molecular flexibility index (Phi) is 9.41. The predicted octanol–water partition coefficient (Wildman–Crippen LogP) is 4.74. The zero-order chi connectivity index (χ0) is 25.3. The van der Waals surface area contributed by atoms with Gasteiger partial charge in [-0.3, -0.25) is 9.80 Å². The molecule has 1 aliphatic heterocycles. The van der Waals surface area contributed by atoms with E-state index >= 15 is 0 Å². The van der Waals surface area contributed by atoms with Crippen LogP contribution >= 0.6 is 22.7 Å². The zero-order valence-electron chi connectivity index (χ0n) is 20.9. The first kappa shape index (κ1) is 26.2. The lowest BCUT2D eigenvalue weighted by Gasteiger charge is -2.34. The number of esters is 1. The number of rotatable bonds is 11. The molecule has 0 spiro atoms. The summed E-state index contributed by atoms with van der Waals surface area (Å²) in [6.45, 7) is 5.81. The Morgan fingerprint density at radius 3 is 1.94 bits per heavy atom. The summed E-state index contributed by atoms with van der Waals surface area (Å²) in [5.41, 5.74) is 4.24. The van der Waals surface area contributed by atoms with Gasteiger partial charge in [-0.2, -0.15) is 22.7 Å². The van der Waals surface area contributed by atoms with Gasteiger partial charge in [0.25, 0.3) is 0 Å². The van der Waals surface area contributed by atoms with Crippen molar-refractivity contribution in [1.82, 2.24) is 9.80 Å². The maximum absolute atomic E-state index is 12.6. The first-order valence-corrected chi connectivity index (χ1v) is 13.7. The maximum atomic E-state index is 12.6. The van der Waals surface area contributed by atoms with Gasteiger partial charge in [-0.15, -0.1) is 0 Å². The minimum atomic E-state index is -0.410. The number of ether oxygens (including phenoxy) is 4. The summed E-state index contributed by atoms with van der Waals surface area (Å²) < 4.78 is 21.5. The smallest absolute Gasteiger partial charge is 0.338 e. The standard InChI is InChI=1S/C27H32N2O5S2/c1-31-24-16-22(17-25(32-2)26(24)33-3)27(30)34-13-12-29-10-8-28(9-11-29)7-4-23(20-5-14-35-18-20)21-6-15-36-19-21/h4-6,14-19H,7-13H2,1-3H3. The Bertz CT molecular complexity index is 1080. The molecule has 0 unspecified atom stereocenters. The number of hydrogen-bond donors (Lipinski definition) is 0. The highest BCUT2D eigenvalue weighted by atomic mass is 32.1. The van der Waals surface area contributed by atoms with E-state index in [0.29, 0.717) is 36.0 Å². The fourth-order valence-corrected chi connectivity index (χ4v) is 5.52. The Balaban J connectivity index is 1.25. The second-order valence-electron chi connectivity index (χ2n) is 8.33. The quantitative estimate of drug-likeness (QED) is 0.333. The molecule has 192 valence electrons. The van der Waals surface area contributed by atoms with Crippen LogP contribution in [0, 0.1) is 0 Å². The van der Waals surface area contributed by atoms with Crippen LogP contribution in [0.4, 0.5) is 0 Å². The summed E-state index contributed by atoms with van der Waals surface area (Å²) in [4.78, 5) is 17.4. The third-order valence-electron chi connectivity index (χ3n) is 6.22. The molecule has 1 saturated heterocycles. The summed E-state index contributed by atoms with van der Waals surface area (Å²) in [5.74, 6) is 0.889. The van der Waals surface area contributed by atoms with E-state index < -0.39 is 5.97 Å². The van der Waals surface area contributed by atoms with E-state index in [4.69, 9.17) is 18.9 Å². The number of carbonyl (C=O) groups is 1. The van der Waals surface area contributed by atoms with Crippen molar-refractivity contribution in [3.05, 3.63) is 68.6 Å². The van der Waals surface area contributed by atoms with Crippen molar-refractivity contribution in [1.29, 1.82) is 0 Å². The lowest BCUT2D eigenvalue weighted by atomic mass is 10.0. The Morgan fingerprint density at radius 1 is 0.861 bits per heavy atom. The van der Waals surface area contributed by atoms with E-state index in [0.717, 1.165) is 32.7 Å². The van der Waals surface area contributed by atoms with Crippen molar-refractivity contribution in [3.8, 4) is 17.2 Å². The van der Waals surface area contributed by atoms with Gasteiger partial charge < -0.3 is 18.9 Å². The van der Waals surface area contributed by atoms with Crippen molar-refractivity contribution in [2.24, 2.45) is 0 Å². The molecule has 36 heavy (non-hydrogen) atoms. The van der Waals surface area contributed by atoms with E-state index in [1.165, 1.54) is 38.0 Å². The highest BCUT2D eigenvalue weighted by Crippen LogP contribution is 2.38. The molecule has 4 rings (SSSR count). The maximum Gasteiger partial charge on any atom is 0.338 e. The van der Waals surface area contributed by atoms with Gasteiger partial charge in [0.1, 0.15) is 6.61 Å². The monoisotopic (exact) mass is 528 g/mol. The van der Waals surface area contributed by atoms with Gasteiger partial charge in [-0.05, 0) is 62.5 Å². The van der Waals surface area contributed by atoms with Crippen LogP contribution in [0.2, 0.25) is 0 Å². The summed E-state index contributed by atoms with van der Waals surface area (Å²) in [6.07, 6.45) is 2.35. The average Bonchev–Trinajstić information content (AvgIpc) is 3.64. The first-order valence-electron chi connectivity index (χ1n) is 11.8. The molecule has 0 atom stereocenters. The molecule has 1 aliphatic rings. The molecule has 0 aliphatic carbocycles. The van der Waals surface area contributed by atoms with Crippen LogP contribution in [-0.4, -0.2) is 83.0 Å². The average molecular weight is 529 g/mol. The lowest BCUT2D eigenvalue weighted by Crippen LogP contribution is -2.47. The van der Waals surface area contributed by atoms with Crippen molar-refractivity contribution >= 4 is 34.2 Å². The molecule has 0 saturated carbocycles. The fraction of sp³-hybridized carbons (Fsp3) is 0.370. The lowest BCUT2D eigenvalue weighted by molar-refractivity contribution is 0.0427. The Hall–Kier alpha value is -2.85. The van der Waals surface area contributed by atoms with Crippen molar-refractivity contribution in [2.45, 2.75) is 0 Å². The van der Waals surface area contributed by atoms with Gasteiger partial charge in [0.05, 0.1) is 26.9 Å². The molecule has 3 heterocycles. The number of thiophene rings is 2. The van der Waals surface area contributed by atoms with Crippen molar-refractivity contribution < 1.29 is 23.7 Å². The third-order valence-corrected chi connectivity index (χ3v) is 7.59. The first-order chi connectivity index (χ1) is 17.6. The summed E-state index contributed by atoms with van der Waals surface area (Å²) >= 11 is 3.46. The molecule has 0 bridgehead atoms. The minimum Gasteiger partial charge on any atom is -0.493 e.